The molecule has 2 aromatic rings. The Kier molecular flexibility index (Phi) is 7.33. The minimum Gasteiger partial charge on any atom is -0.370 e. The lowest BCUT2D eigenvalue weighted by molar-refractivity contribution is -0.126. The molecule has 0 radical (unpaired) electrons. The van der Waals surface area contributed by atoms with Crippen molar-refractivity contribution in [2.45, 2.75) is 32.7 Å². The number of aryl methyl sites for hydroxylation is 1. The standard InChI is InChI=1S/C24H32N4O2/c1-18-9-7-11-21(15-18)26-24(30)28-14-8-10-20(17-28)23(29)25-16-19(2)27(3)22-12-5-4-6-13-22/h4-7,9,11-13,15,19-20H,8,10,14,16-17H2,1-3H3,(H,25,29)(H,26,30). The maximum Gasteiger partial charge on any atom is 0.321 e. The first-order valence-corrected chi connectivity index (χ1v) is 10.6. The Morgan fingerprint density at radius 2 is 1.93 bits per heavy atom. The van der Waals surface area contributed by atoms with E-state index >= 15 is 0 Å². The van der Waals surface area contributed by atoms with Gasteiger partial charge in [0.1, 0.15) is 0 Å². The molecule has 0 aliphatic carbocycles. The van der Waals surface area contributed by atoms with E-state index in [4.69, 9.17) is 0 Å². The Hall–Kier alpha value is -3.02. The van der Waals surface area contributed by atoms with Crippen LogP contribution in [0.2, 0.25) is 0 Å². The molecule has 1 heterocycles. The number of carbonyl (C=O) groups excluding carboxylic acids is 2. The summed E-state index contributed by atoms with van der Waals surface area (Å²) in [6, 6.07) is 17.9. The highest BCUT2D eigenvalue weighted by Crippen LogP contribution is 2.19. The molecule has 6 heteroatoms. The van der Waals surface area contributed by atoms with Crippen molar-refractivity contribution in [3.8, 4) is 0 Å². The number of hydrogen-bond acceptors (Lipinski definition) is 3. The predicted molar refractivity (Wildman–Crippen MR) is 122 cm³/mol. The van der Waals surface area contributed by atoms with Crippen LogP contribution in [0.15, 0.2) is 54.6 Å². The molecule has 160 valence electrons. The Morgan fingerprint density at radius 1 is 1.17 bits per heavy atom. The van der Waals surface area contributed by atoms with E-state index in [1.807, 2.05) is 56.4 Å². The fourth-order valence-corrected chi connectivity index (χ4v) is 3.75. The minimum absolute atomic E-state index is 0.0244. The summed E-state index contributed by atoms with van der Waals surface area (Å²) in [5.41, 5.74) is 3.00. The average Bonchev–Trinajstić information content (AvgIpc) is 2.77. The van der Waals surface area contributed by atoms with E-state index in [-0.39, 0.29) is 23.9 Å². The molecule has 0 bridgehead atoms. The monoisotopic (exact) mass is 408 g/mol. The zero-order valence-corrected chi connectivity index (χ0v) is 18.1. The van der Waals surface area contributed by atoms with Gasteiger partial charge in [-0.3, -0.25) is 4.79 Å². The smallest absolute Gasteiger partial charge is 0.321 e. The lowest BCUT2D eigenvalue weighted by atomic mass is 9.97. The average molecular weight is 409 g/mol. The molecule has 1 aliphatic rings. The normalized spacial score (nSPS) is 17.2. The van der Waals surface area contributed by atoms with E-state index in [0.29, 0.717) is 19.6 Å². The van der Waals surface area contributed by atoms with Crippen molar-refractivity contribution in [2.24, 2.45) is 5.92 Å². The summed E-state index contributed by atoms with van der Waals surface area (Å²) < 4.78 is 0. The molecule has 0 saturated carbocycles. The van der Waals surface area contributed by atoms with Gasteiger partial charge in [-0.2, -0.15) is 0 Å². The fraction of sp³-hybridized carbons (Fsp3) is 0.417. The van der Waals surface area contributed by atoms with Crippen molar-refractivity contribution in [2.75, 3.05) is 36.9 Å². The van der Waals surface area contributed by atoms with Crippen molar-refractivity contribution in [1.82, 2.24) is 10.2 Å². The molecule has 2 atom stereocenters. The number of amides is 3. The molecule has 1 fully saturated rings. The summed E-state index contributed by atoms with van der Waals surface area (Å²) >= 11 is 0. The van der Waals surface area contributed by atoms with Crippen molar-refractivity contribution >= 4 is 23.3 Å². The van der Waals surface area contributed by atoms with Gasteiger partial charge in [-0.15, -0.1) is 0 Å². The number of likely N-dealkylation sites (tertiary alicyclic amines) is 1. The van der Waals surface area contributed by atoms with E-state index in [2.05, 4.69) is 34.6 Å². The summed E-state index contributed by atoms with van der Waals surface area (Å²) in [5, 5.41) is 6.02. The van der Waals surface area contributed by atoms with E-state index in [0.717, 1.165) is 29.8 Å². The van der Waals surface area contributed by atoms with Crippen LogP contribution in [-0.4, -0.2) is 49.6 Å². The number of rotatable bonds is 6. The highest BCUT2D eigenvalue weighted by Gasteiger charge is 2.28. The van der Waals surface area contributed by atoms with Crippen LogP contribution in [0.5, 0.6) is 0 Å². The van der Waals surface area contributed by atoms with Crippen LogP contribution in [0.1, 0.15) is 25.3 Å². The van der Waals surface area contributed by atoms with Gasteiger partial charge in [-0.1, -0.05) is 30.3 Å². The molecule has 2 N–H and O–H groups in total. The van der Waals surface area contributed by atoms with Gasteiger partial charge in [0.05, 0.1) is 5.92 Å². The quantitative estimate of drug-likeness (QED) is 0.762. The SMILES string of the molecule is Cc1cccc(NC(=O)N2CCCC(C(=O)NCC(C)N(C)c3ccccc3)C2)c1. The minimum atomic E-state index is -0.170. The largest absolute Gasteiger partial charge is 0.370 e. The number of likely N-dealkylation sites (N-methyl/N-ethyl adjacent to an activating group) is 1. The molecular formula is C24H32N4O2. The van der Waals surface area contributed by atoms with Crippen LogP contribution in [0, 0.1) is 12.8 Å². The number of nitrogens with one attached hydrogen (secondary N) is 2. The number of urea groups is 1. The number of hydrogen-bond donors (Lipinski definition) is 2. The van der Waals surface area contributed by atoms with Gasteiger partial charge in [0.25, 0.3) is 0 Å². The maximum absolute atomic E-state index is 12.7. The lowest BCUT2D eigenvalue weighted by Crippen LogP contribution is -2.48. The zero-order valence-electron chi connectivity index (χ0n) is 18.1. The maximum atomic E-state index is 12.7. The van der Waals surface area contributed by atoms with Crippen LogP contribution < -0.4 is 15.5 Å². The molecule has 2 aromatic carbocycles. The van der Waals surface area contributed by atoms with Gasteiger partial charge in [0.2, 0.25) is 5.91 Å². The van der Waals surface area contributed by atoms with E-state index < -0.39 is 0 Å². The summed E-state index contributed by atoms with van der Waals surface area (Å²) in [7, 11) is 2.03. The van der Waals surface area contributed by atoms with Gasteiger partial charge in [0, 0.05) is 44.1 Å². The fourth-order valence-electron chi connectivity index (χ4n) is 3.75. The van der Waals surface area contributed by atoms with Crippen molar-refractivity contribution in [3.05, 3.63) is 60.2 Å². The third-order valence-electron chi connectivity index (χ3n) is 5.75. The number of para-hydroxylation sites is 1. The third kappa shape index (κ3) is 5.75. The first-order valence-electron chi connectivity index (χ1n) is 10.6. The van der Waals surface area contributed by atoms with E-state index in [1.54, 1.807) is 4.90 Å². The molecule has 30 heavy (non-hydrogen) atoms. The molecule has 3 amide bonds. The second-order valence-corrected chi connectivity index (χ2v) is 8.13. The van der Waals surface area contributed by atoms with Crippen LogP contribution >= 0.6 is 0 Å². The molecule has 3 rings (SSSR count). The first kappa shape index (κ1) is 21.7. The van der Waals surface area contributed by atoms with E-state index in [1.165, 1.54) is 0 Å². The van der Waals surface area contributed by atoms with Gasteiger partial charge in [0.15, 0.2) is 0 Å². The van der Waals surface area contributed by atoms with Crippen molar-refractivity contribution < 1.29 is 9.59 Å². The Bertz CT molecular complexity index is 855. The first-order chi connectivity index (χ1) is 14.4. The number of carbonyl (C=O) groups is 2. The van der Waals surface area contributed by atoms with Crippen LogP contribution in [0.3, 0.4) is 0 Å². The molecule has 6 nitrogen and oxygen atoms in total. The van der Waals surface area contributed by atoms with Crippen LogP contribution in [0.4, 0.5) is 16.2 Å². The summed E-state index contributed by atoms with van der Waals surface area (Å²) in [6.45, 7) is 5.78. The number of nitrogens with zero attached hydrogens (tertiary/aromatic N) is 2. The second-order valence-electron chi connectivity index (χ2n) is 8.13. The number of anilines is 2. The van der Waals surface area contributed by atoms with Gasteiger partial charge in [-0.05, 0) is 56.5 Å². The molecule has 0 spiro atoms. The van der Waals surface area contributed by atoms with Gasteiger partial charge < -0.3 is 20.4 Å². The van der Waals surface area contributed by atoms with Crippen LogP contribution in [0.25, 0.3) is 0 Å². The Balaban J connectivity index is 1.49. The molecule has 2 unspecified atom stereocenters. The van der Waals surface area contributed by atoms with Gasteiger partial charge in [-0.25, -0.2) is 4.79 Å². The molecule has 1 saturated heterocycles. The Labute approximate surface area is 179 Å². The third-order valence-corrected chi connectivity index (χ3v) is 5.75. The van der Waals surface area contributed by atoms with Crippen LogP contribution in [-0.2, 0) is 4.79 Å². The van der Waals surface area contributed by atoms with Crippen molar-refractivity contribution in [1.29, 1.82) is 0 Å². The molecule has 0 aromatic heterocycles. The Morgan fingerprint density at radius 3 is 2.67 bits per heavy atom. The van der Waals surface area contributed by atoms with Gasteiger partial charge >= 0.3 is 6.03 Å². The lowest BCUT2D eigenvalue weighted by Gasteiger charge is -2.33. The summed E-state index contributed by atoms with van der Waals surface area (Å²) in [4.78, 5) is 29.3. The predicted octanol–water partition coefficient (Wildman–Crippen LogP) is 3.88. The second kappa shape index (κ2) is 10.1. The molecular weight excluding hydrogens is 376 g/mol. The highest BCUT2D eigenvalue weighted by molar-refractivity contribution is 5.90. The molecule has 1 aliphatic heterocycles. The number of piperidine rings is 1. The summed E-state index contributed by atoms with van der Waals surface area (Å²) in [6.07, 6.45) is 1.64. The zero-order chi connectivity index (χ0) is 21.5. The number of benzene rings is 2. The topological polar surface area (TPSA) is 64.7 Å². The van der Waals surface area contributed by atoms with E-state index in [9.17, 15) is 9.59 Å². The van der Waals surface area contributed by atoms with Crippen molar-refractivity contribution in [3.63, 3.8) is 0 Å². The summed E-state index contributed by atoms with van der Waals surface area (Å²) in [5.74, 6) is -0.146. The highest BCUT2D eigenvalue weighted by atomic mass is 16.2.